The summed E-state index contributed by atoms with van der Waals surface area (Å²) in [6.45, 7) is 11.2. The second-order valence-electron chi connectivity index (χ2n) is 9.18. The van der Waals surface area contributed by atoms with Gasteiger partial charge in [-0.1, -0.05) is 40.5 Å². The van der Waals surface area contributed by atoms with E-state index in [1.807, 2.05) is 18.2 Å². The summed E-state index contributed by atoms with van der Waals surface area (Å²) in [6, 6.07) is 5.72. The normalized spacial score (nSPS) is 16.4. The van der Waals surface area contributed by atoms with E-state index in [4.69, 9.17) is 9.72 Å². The highest BCUT2D eigenvalue weighted by atomic mass is 32.2. The maximum absolute atomic E-state index is 12.4. The van der Waals surface area contributed by atoms with Crippen molar-refractivity contribution in [3.8, 4) is 0 Å². The second kappa shape index (κ2) is 9.04. The van der Waals surface area contributed by atoms with E-state index in [9.17, 15) is 8.42 Å². The van der Waals surface area contributed by atoms with Gasteiger partial charge >= 0.3 is 0 Å². The molecule has 1 saturated heterocycles. The Bertz CT molecular complexity index is 923. The van der Waals surface area contributed by atoms with Crippen molar-refractivity contribution in [2.24, 2.45) is 5.92 Å². The summed E-state index contributed by atoms with van der Waals surface area (Å²) in [4.78, 5) is 4.91. The number of hydrogen-bond acceptors (Lipinski definition) is 4. The third-order valence-electron chi connectivity index (χ3n) is 5.49. The third kappa shape index (κ3) is 5.72. The molecule has 6 nitrogen and oxygen atoms in total. The number of hydrogen-bond donors (Lipinski definition) is 1. The molecule has 162 valence electrons. The lowest BCUT2D eigenvalue weighted by Gasteiger charge is -2.26. The first-order valence-electron chi connectivity index (χ1n) is 10.8. The highest BCUT2D eigenvalue weighted by Gasteiger charge is 2.25. The van der Waals surface area contributed by atoms with Crippen LogP contribution in [-0.4, -0.2) is 36.9 Å². The van der Waals surface area contributed by atoms with E-state index in [0.29, 0.717) is 18.0 Å². The van der Waals surface area contributed by atoms with E-state index in [0.717, 1.165) is 62.3 Å². The number of aromatic nitrogens is 2. The van der Waals surface area contributed by atoms with Crippen LogP contribution in [-0.2, 0) is 26.7 Å². The van der Waals surface area contributed by atoms with Crippen LogP contribution in [0.3, 0.4) is 0 Å². The number of nitrogens with zero attached hydrogens (tertiary/aromatic N) is 2. The maximum Gasteiger partial charge on any atom is 0.232 e. The average molecular weight is 422 g/mol. The smallest absolute Gasteiger partial charge is 0.232 e. The SMILES string of the molecule is CCCCCS(=O)(=O)Nc1ccc2c(c1)nc(C(C)(C)C)n2CC1CCOCC1. The molecular weight excluding hydrogens is 386 g/mol. The molecule has 1 aliphatic heterocycles. The lowest BCUT2D eigenvalue weighted by atomic mass is 9.94. The van der Waals surface area contributed by atoms with Crippen molar-refractivity contribution in [3.05, 3.63) is 24.0 Å². The molecule has 1 N–H and O–H groups in total. The zero-order valence-corrected chi connectivity index (χ0v) is 19.0. The van der Waals surface area contributed by atoms with Gasteiger partial charge in [-0.05, 0) is 43.4 Å². The minimum Gasteiger partial charge on any atom is -0.381 e. The van der Waals surface area contributed by atoms with Crippen LogP contribution in [0, 0.1) is 5.92 Å². The van der Waals surface area contributed by atoms with Gasteiger partial charge in [0, 0.05) is 25.2 Å². The molecule has 2 aromatic rings. The second-order valence-corrected chi connectivity index (χ2v) is 11.0. The molecule has 0 saturated carbocycles. The first-order valence-corrected chi connectivity index (χ1v) is 12.4. The number of benzene rings is 1. The number of rotatable bonds is 8. The molecule has 0 bridgehead atoms. The Hall–Kier alpha value is -1.60. The Labute approximate surface area is 175 Å². The molecule has 0 unspecified atom stereocenters. The number of unbranched alkanes of at least 4 members (excludes halogenated alkanes) is 2. The molecule has 2 heterocycles. The van der Waals surface area contributed by atoms with Crippen molar-refractivity contribution in [3.63, 3.8) is 0 Å². The van der Waals surface area contributed by atoms with Crippen molar-refractivity contribution in [2.45, 2.75) is 71.8 Å². The number of fused-ring (bicyclic) bond motifs is 1. The van der Waals surface area contributed by atoms with Crippen molar-refractivity contribution in [1.29, 1.82) is 0 Å². The van der Waals surface area contributed by atoms with Gasteiger partial charge in [0.05, 0.1) is 22.5 Å². The lowest BCUT2D eigenvalue weighted by Crippen LogP contribution is -2.25. The summed E-state index contributed by atoms with van der Waals surface area (Å²) in [5.74, 6) is 1.78. The highest BCUT2D eigenvalue weighted by Crippen LogP contribution is 2.30. The van der Waals surface area contributed by atoms with Crippen molar-refractivity contribution < 1.29 is 13.2 Å². The van der Waals surface area contributed by atoms with Crippen molar-refractivity contribution >= 4 is 26.7 Å². The van der Waals surface area contributed by atoms with Crippen LogP contribution in [0.2, 0.25) is 0 Å². The largest absolute Gasteiger partial charge is 0.381 e. The lowest BCUT2D eigenvalue weighted by molar-refractivity contribution is 0.0611. The Balaban J connectivity index is 1.88. The van der Waals surface area contributed by atoms with Crippen LogP contribution in [0.5, 0.6) is 0 Å². The molecule has 0 atom stereocenters. The zero-order chi connectivity index (χ0) is 21.1. The predicted molar refractivity (Wildman–Crippen MR) is 119 cm³/mol. The summed E-state index contributed by atoms with van der Waals surface area (Å²) in [6.07, 6.45) is 4.74. The molecule has 0 amide bonds. The summed E-state index contributed by atoms with van der Waals surface area (Å²) >= 11 is 0. The highest BCUT2D eigenvalue weighted by molar-refractivity contribution is 7.92. The van der Waals surface area contributed by atoms with Gasteiger partial charge in [0.1, 0.15) is 5.82 Å². The van der Waals surface area contributed by atoms with Gasteiger partial charge in [-0.15, -0.1) is 0 Å². The zero-order valence-electron chi connectivity index (χ0n) is 18.2. The molecular formula is C22H35N3O3S. The third-order valence-corrected chi connectivity index (χ3v) is 6.86. The van der Waals surface area contributed by atoms with Gasteiger partial charge in [0.25, 0.3) is 0 Å². The van der Waals surface area contributed by atoms with Crippen LogP contribution >= 0.6 is 0 Å². The topological polar surface area (TPSA) is 73.2 Å². The Morgan fingerprint density at radius 2 is 1.93 bits per heavy atom. The van der Waals surface area contributed by atoms with E-state index in [1.165, 1.54) is 0 Å². The molecule has 7 heteroatoms. The van der Waals surface area contributed by atoms with E-state index < -0.39 is 10.0 Å². The summed E-state index contributed by atoms with van der Waals surface area (Å²) in [5.41, 5.74) is 2.40. The van der Waals surface area contributed by atoms with Gasteiger partial charge in [-0.2, -0.15) is 0 Å². The average Bonchev–Trinajstić information content (AvgIpc) is 3.00. The van der Waals surface area contributed by atoms with Crippen molar-refractivity contribution in [1.82, 2.24) is 9.55 Å². The quantitative estimate of drug-likeness (QED) is 0.628. The Kier molecular flexibility index (Phi) is 6.89. The molecule has 1 aromatic carbocycles. The standard InChI is InChI=1S/C22H35N3O3S/c1-5-6-7-14-29(26,27)24-18-8-9-20-19(15-18)23-21(22(2,3)4)25(20)16-17-10-12-28-13-11-17/h8-9,15,17,24H,5-7,10-14,16H2,1-4H3. The number of anilines is 1. The predicted octanol–water partition coefficient (Wildman–Crippen LogP) is 4.69. The summed E-state index contributed by atoms with van der Waals surface area (Å²) in [7, 11) is -3.33. The van der Waals surface area contributed by atoms with Crippen LogP contribution < -0.4 is 4.72 Å². The van der Waals surface area contributed by atoms with Gasteiger partial charge in [0.2, 0.25) is 10.0 Å². The van der Waals surface area contributed by atoms with Gasteiger partial charge < -0.3 is 9.30 Å². The minimum atomic E-state index is -3.33. The van der Waals surface area contributed by atoms with Crippen LogP contribution in [0.1, 0.15) is 65.6 Å². The van der Waals surface area contributed by atoms with Crippen LogP contribution in [0.15, 0.2) is 18.2 Å². The Morgan fingerprint density at radius 1 is 1.21 bits per heavy atom. The van der Waals surface area contributed by atoms with E-state index in [2.05, 4.69) is 37.0 Å². The molecule has 0 aliphatic carbocycles. The fourth-order valence-electron chi connectivity index (χ4n) is 3.91. The maximum atomic E-state index is 12.4. The van der Waals surface area contributed by atoms with Gasteiger partial charge in [0.15, 0.2) is 0 Å². The van der Waals surface area contributed by atoms with Gasteiger partial charge in [-0.3, -0.25) is 4.72 Å². The fourth-order valence-corrected chi connectivity index (χ4v) is 5.08. The fraction of sp³-hybridized carbons (Fsp3) is 0.682. The van der Waals surface area contributed by atoms with E-state index >= 15 is 0 Å². The van der Waals surface area contributed by atoms with E-state index in [-0.39, 0.29) is 11.2 Å². The molecule has 0 radical (unpaired) electrons. The van der Waals surface area contributed by atoms with Gasteiger partial charge in [-0.25, -0.2) is 13.4 Å². The molecule has 0 spiro atoms. The first kappa shape index (κ1) is 22.1. The number of nitrogens with one attached hydrogen (secondary N) is 1. The summed E-state index contributed by atoms with van der Waals surface area (Å²) < 4.78 is 35.3. The summed E-state index contributed by atoms with van der Waals surface area (Å²) in [5, 5.41) is 0. The number of imidazole rings is 1. The molecule has 3 rings (SSSR count). The minimum absolute atomic E-state index is 0.0932. The molecule has 1 fully saturated rings. The van der Waals surface area contributed by atoms with Crippen molar-refractivity contribution in [2.75, 3.05) is 23.7 Å². The monoisotopic (exact) mass is 421 g/mol. The van der Waals surface area contributed by atoms with E-state index in [1.54, 1.807) is 0 Å². The van der Waals surface area contributed by atoms with Crippen LogP contribution in [0.4, 0.5) is 5.69 Å². The number of ether oxygens (including phenoxy) is 1. The Morgan fingerprint density at radius 3 is 2.59 bits per heavy atom. The molecule has 1 aromatic heterocycles. The molecule has 29 heavy (non-hydrogen) atoms. The van der Waals surface area contributed by atoms with Crippen LogP contribution in [0.25, 0.3) is 11.0 Å². The first-order chi connectivity index (χ1) is 13.7. The molecule has 1 aliphatic rings. The number of sulfonamides is 1.